The third-order valence-electron chi connectivity index (χ3n) is 7.74. The van der Waals surface area contributed by atoms with Crippen molar-refractivity contribution in [2.75, 3.05) is 7.05 Å². The van der Waals surface area contributed by atoms with Gasteiger partial charge in [-0.2, -0.15) is 4.58 Å². The molecule has 41 heavy (non-hydrogen) atoms. The lowest BCUT2D eigenvalue weighted by atomic mass is 9.81. The van der Waals surface area contributed by atoms with E-state index in [1.165, 1.54) is 22.2 Å². The number of nitrogens with zero attached hydrogens (tertiary/aromatic N) is 1. The Labute approximate surface area is 258 Å². The maximum Gasteiger partial charge on any atom is 0.209 e. The van der Waals surface area contributed by atoms with Gasteiger partial charge in [-0.1, -0.05) is 105 Å². The molecule has 4 heteroatoms. The summed E-state index contributed by atoms with van der Waals surface area (Å²) < 4.78 is 10.8. The van der Waals surface area contributed by atoms with Crippen molar-refractivity contribution in [1.82, 2.24) is 0 Å². The van der Waals surface area contributed by atoms with E-state index in [2.05, 4.69) is 167 Å². The maximum absolute atomic E-state index is 6.36. The highest BCUT2D eigenvalue weighted by molar-refractivity contribution is 9.10. The van der Waals surface area contributed by atoms with Crippen LogP contribution in [0.2, 0.25) is 0 Å². The number of ether oxygens (including phenoxy) is 1. The molecule has 0 fully saturated rings. The van der Waals surface area contributed by atoms with E-state index < -0.39 is 0 Å². The molecule has 4 aromatic carbocycles. The van der Waals surface area contributed by atoms with Crippen LogP contribution >= 0.6 is 31.9 Å². The lowest BCUT2D eigenvalue weighted by Crippen LogP contribution is -2.28. The van der Waals surface area contributed by atoms with E-state index in [1.54, 1.807) is 0 Å². The second kappa shape index (κ2) is 11.3. The predicted octanol–water partition coefficient (Wildman–Crippen LogP) is 8.52. The summed E-state index contributed by atoms with van der Waals surface area (Å²) in [7, 11) is 2.16. The first-order valence-corrected chi connectivity index (χ1v) is 15.2. The predicted molar refractivity (Wildman–Crippen MR) is 178 cm³/mol. The Hall–Kier alpha value is -3.73. The number of para-hydroxylation sites is 1. The second-order valence-electron chi connectivity index (χ2n) is 10.9. The summed E-state index contributed by atoms with van der Waals surface area (Å²) >= 11 is 7.08. The highest BCUT2D eigenvalue weighted by Gasteiger charge is 2.42. The monoisotopic (exact) mass is 662 g/mol. The smallest absolute Gasteiger partial charge is 0.209 e. The van der Waals surface area contributed by atoms with Crippen molar-refractivity contribution in [2.24, 2.45) is 0 Å². The van der Waals surface area contributed by atoms with Crippen LogP contribution in [0.1, 0.15) is 30.5 Å². The molecular formula is C37H30Br2NO+. The van der Waals surface area contributed by atoms with Crippen LogP contribution in [0.3, 0.4) is 0 Å². The average molecular weight is 664 g/mol. The molecule has 0 amide bonds. The molecule has 2 aliphatic heterocycles. The van der Waals surface area contributed by atoms with E-state index in [9.17, 15) is 0 Å². The lowest BCUT2D eigenvalue weighted by Gasteiger charge is -2.18. The Morgan fingerprint density at radius 2 is 1.29 bits per heavy atom. The molecule has 2 nitrogen and oxygen atoms in total. The summed E-state index contributed by atoms with van der Waals surface area (Å²) in [5, 5.41) is 2.30. The first-order chi connectivity index (χ1) is 19.8. The van der Waals surface area contributed by atoms with Crippen molar-refractivity contribution in [2.45, 2.75) is 19.3 Å². The van der Waals surface area contributed by atoms with Gasteiger partial charge in [-0.3, -0.25) is 0 Å². The SMILES string of the molecule is C[N+]1=C(C=c2ccc(=CC=C3C=C(c4ccc(Br)cc4)C=C(c4ccc(Br)cc4)O3)cc2)C(C)(C)c2ccccc21. The van der Waals surface area contributed by atoms with Crippen molar-refractivity contribution in [3.63, 3.8) is 0 Å². The van der Waals surface area contributed by atoms with Gasteiger partial charge < -0.3 is 4.74 Å². The van der Waals surface area contributed by atoms with Crippen molar-refractivity contribution in [3.8, 4) is 0 Å². The number of hydrogen-bond acceptors (Lipinski definition) is 1. The third-order valence-corrected chi connectivity index (χ3v) is 8.80. The fourth-order valence-electron chi connectivity index (χ4n) is 5.47. The highest BCUT2D eigenvalue weighted by atomic mass is 79.9. The highest BCUT2D eigenvalue weighted by Crippen LogP contribution is 2.39. The Morgan fingerprint density at radius 1 is 0.683 bits per heavy atom. The molecule has 0 saturated heterocycles. The zero-order valence-electron chi connectivity index (χ0n) is 23.2. The average Bonchev–Trinajstić information content (AvgIpc) is 3.18. The normalized spacial score (nSPS) is 16.6. The molecule has 6 rings (SSSR count). The van der Waals surface area contributed by atoms with Gasteiger partial charge in [0.2, 0.25) is 5.69 Å². The van der Waals surface area contributed by atoms with Crippen LogP contribution < -0.4 is 10.4 Å². The topological polar surface area (TPSA) is 12.2 Å². The van der Waals surface area contributed by atoms with Gasteiger partial charge in [-0.05, 0) is 77.9 Å². The molecule has 202 valence electrons. The van der Waals surface area contributed by atoms with E-state index in [1.807, 2.05) is 18.2 Å². The number of halogens is 2. The standard InChI is InChI=1S/C37H30Br2NO/c1-37(2)33-6-4-5-7-34(33)40(3)36(37)22-26-10-8-25(9-11-26)12-21-32-23-29(27-13-17-30(38)18-14-27)24-35(41-32)28-15-19-31(39)20-16-28/h4-24H,1-3H3/q+1. The molecule has 0 atom stereocenters. The molecule has 4 aromatic rings. The maximum atomic E-state index is 6.36. The number of fused-ring (bicyclic) bond motifs is 1. The summed E-state index contributed by atoms with van der Waals surface area (Å²) in [5.41, 5.74) is 7.17. The molecule has 0 bridgehead atoms. The van der Waals surface area contributed by atoms with Crippen LogP contribution in [0, 0.1) is 0 Å². The van der Waals surface area contributed by atoms with Gasteiger partial charge in [-0.15, -0.1) is 0 Å². The summed E-state index contributed by atoms with van der Waals surface area (Å²) in [6.07, 6.45) is 10.6. The van der Waals surface area contributed by atoms with Crippen LogP contribution in [0.5, 0.6) is 0 Å². The molecule has 0 aromatic heterocycles. The molecule has 0 spiro atoms. The van der Waals surface area contributed by atoms with Gasteiger partial charge in [0.25, 0.3) is 0 Å². The van der Waals surface area contributed by atoms with E-state index in [0.29, 0.717) is 0 Å². The summed E-state index contributed by atoms with van der Waals surface area (Å²) in [6.45, 7) is 4.60. The van der Waals surface area contributed by atoms with E-state index in [-0.39, 0.29) is 5.41 Å². The molecule has 0 radical (unpaired) electrons. The van der Waals surface area contributed by atoms with E-state index in [4.69, 9.17) is 4.74 Å². The number of rotatable bonds is 4. The van der Waals surface area contributed by atoms with E-state index >= 15 is 0 Å². The first kappa shape index (κ1) is 27.4. The molecule has 2 aliphatic rings. The molecule has 0 unspecified atom stereocenters. The van der Waals surface area contributed by atoms with Gasteiger partial charge in [0.1, 0.15) is 18.6 Å². The van der Waals surface area contributed by atoms with Gasteiger partial charge in [-0.25, -0.2) is 0 Å². The molecule has 2 heterocycles. The molecule has 0 N–H and O–H groups in total. The Balaban J connectivity index is 1.32. The quantitative estimate of drug-likeness (QED) is 0.199. The molecule has 0 aliphatic carbocycles. The number of hydrogen-bond donors (Lipinski definition) is 0. The van der Waals surface area contributed by atoms with Crippen LogP contribution in [-0.4, -0.2) is 17.3 Å². The van der Waals surface area contributed by atoms with Crippen LogP contribution in [0.15, 0.2) is 130 Å². The van der Waals surface area contributed by atoms with Crippen molar-refractivity contribution >= 4 is 66.7 Å². The Morgan fingerprint density at radius 3 is 1.95 bits per heavy atom. The largest absolute Gasteiger partial charge is 0.457 e. The van der Waals surface area contributed by atoms with Gasteiger partial charge in [0.05, 0.1) is 5.41 Å². The van der Waals surface area contributed by atoms with Crippen LogP contribution in [0.4, 0.5) is 5.69 Å². The van der Waals surface area contributed by atoms with Gasteiger partial charge in [0.15, 0.2) is 5.71 Å². The number of benzene rings is 4. The Bertz CT molecular complexity index is 1870. The van der Waals surface area contributed by atoms with Crippen LogP contribution in [-0.2, 0) is 10.2 Å². The van der Waals surface area contributed by atoms with Crippen molar-refractivity contribution in [3.05, 3.63) is 157 Å². The minimum atomic E-state index is -0.0438. The van der Waals surface area contributed by atoms with Gasteiger partial charge >= 0.3 is 0 Å². The van der Waals surface area contributed by atoms with Crippen molar-refractivity contribution in [1.29, 1.82) is 0 Å². The fourth-order valence-corrected chi connectivity index (χ4v) is 6.00. The second-order valence-corrected chi connectivity index (χ2v) is 12.7. The zero-order valence-corrected chi connectivity index (χ0v) is 26.4. The van der Waals surface area contributed by atoms with Crippen molar-refractivity contribution < 1.29 is 9.31 Å². The summed E-state index contributed by atoms with van der Waals surface area (Å²) in [6, 6.07) is 33.9. The molecular weight excluding hydrogens is 634 g/mol. The van der Waals surface area contributed by atoms with Crippen LogP contribution in [0.25, 0.3) is 23.5 Å². The number of allylic oxidation sites excluding steroid dienone is 4. The van der Waals surface area contributed by atoms with Gasteiger partial charge in [0, 0.05) is 32.2 Å². The minimum Gasteiger partial charge on any atom is -0.457 e. The summed E-state index contributed by atoms with van der Waals surface area (Å²) in [5.74, 6) is 1.62. The minimum absolute atomic E-state index is 0.0438. The lowest BCUT2D eigenvalue weighted by molar-refractivity contribution is -0.400. The summed E-state index contributed by atoms with van der Waals surface area (Å²) in [4.78, 5) is 0. The zero-order chi connectivity index (χ0) is 28.6. The third kappa shape index (κ3) is 5.72. The molecule has 0 saturated carbocycles. The van der Waals surface area contributed by atoms with E-state index in [0.717, 1.165) is 42.4 Å². The Kier molecular flexibility index (Phi) is 7.54. The fraction of sp³-hybridized carbons (Fsp3) is 0.108. The first-order valence-electron chi connectivity index (χ1n) is 13.6.